The zero-order valence-corrected chi connectivity index (χ0v) is 13.9. The van der Waals surface area contributed by atoms with Crippen LogP contribution in [0.4, 0.5) is 5.69 Å². The van der Waals surface area contributed by atoms with E-state index in [4.69, 9.17) is 0 Å². The summed E-state index contributed by atoms with van der Waals surface area (Å²) in [6.07, 6.45) is 1.86. The zero-order chi connectivity index (χ0) is 16.1. The molecule has 0 radical (unpaired) electrons. The third-order valence-corrected chi connectivity index (χ3v) is 4.79. The minimum absolute atomic E-state index is 0.138. The van der Waals surface area contributed by atoms with Crippen molar-refractivity contribution in [2.75, 3.05) is 12.4 Å². The number of aliphatic imine (C=N–C) groups is 1. The smallest absolute Gasteiger partial charge is 0.240 e. The second kappa shape index (κ2) is 7.45. The standard InChI is InChI=1S/C16H21N3O2S/c1-4-10-7-6-8-11(5-2)14(10)18-13(20)9-12-15(21)19-16(17-3)22-12/h6-8,12H,4-5,9H2,1-3H3,(H,18,20)(H,17,19,21). The molecule has 0 bridgehead atoms. The summed E-state index contributed by atoms with van der Waals surface area (Å²) >= 11 is 1.31. The van der Waals surface area contributed by atoms with Gasteiger partial charge in [-0.15, -0.1) is 0 Å². The first-order valence-electron chi connectivity index (χ1n) is 7.43. The second-order valence-corrected chi connectivity index (χ2v) is 6.23. The topological polar surface area (TPSA) is 70.6 Å². The molecule has 118 valence electrons. The normalized spacial score (nSPS) is 19.3. The summed E-state index contributed by atoms with van der Waals surface area (Å²) in [6.45, 7) is 4.13. The summed E-state index contributed by atoms with van der Waals surface area (Å²) in [4.78, 5) is 28.0. The predicted octanol–water partition coefficient (Wildman–Crippen LogP) is 2.36. The van der Waals surface area contributed by atoms with E-state index in [1.54, 1.807) is 7.05 Å². The molecular formula is C16H21N3O2S. The van der Waals surface area contributed by atoms with Crippen molar-refractivity contribution in [3.63, 3.8) is 0 Å². The summed E-state index contributed by atoms with van der Waals surface area (Å²) in [5, 5.41) is 5.82. The molecule has 1 aromatic rings. The Bertz CT molecular complexity index is 591. The molecule has 2 amide bonds. The average molecular weight is 319 g/mol. The van der Waals surface area contributed by atoms with Crippen LogP contribution in [0, 0.1) is 0 Å². The van der Waals surface area contributed by atoms with Crippen molar-refractivity contribution in [1.29, 1.82) is 0 Å². The molecule has 1 atom stereocenters. The van der Waals surface area contributed by atoms with Gasteiger partial charge in [0.2, 0.25) is 11.8 Å². The van der Waals surface area contributed by atoms with E-state index in [1.807, 2.05) is 18.2 Å². The van der Waals surface area contributed by atoms with Gasteiger partial charge in [0.15, 0.2) is 5.17 Å². The molecule has 2 rings (SSSR count). The Morgan fingerprint density at radius 2 is 1.95 bits per heavy atom. The van der Waals surface area contributed by atoms with Crippen molar-refractivity contribution < 1.29 is 9.59 Å². The number of carbonyl (C=O) groups excluding carboxylic acids is 2. The summed E-state index contributed by atoms with van der Waals surface area (Å²) in [7, 11) is 1.62. The van der Waals surface area contributed by atoms with Crippen molar-refractivity contribution in [1.82, 2.24) is 5.32 Å². The van der Waals surface area contributed by atoms with Gasteiger partial charge in [0.25, 0.3) is 0 Å². The number of hydrogen-bond acceptors (Lipinski definition) is 4. The van der Waals surface area contributed by atoms with E-state index >= 15 is 0 Å². The van der Waals surface area contributed by atoms with Gasteiger partial charge in [0.05, 0.1) is 0 Å². The number of aryl methyl sites for hydroxylation is 2. The molecule has 0 spiro atoms. The number of nitrogens with one attached hydrogen (secondary N) is 2. The quantitative estimate of drug-likeness (QED) is 0.875. The molecule has 0 saturated carbocycles. The van der Waals surface area contributed by atoms with Crippen LogP contribution >= 0.6 is 11.8 Å². The Balaban J connectivity index is 2.08. The molecule has 1 saturated heterocycles. The Morgan fingerprint density at radius 3 is 2.45 bits per heavy atom. The first kappa shape index (κ1) is 16.5. The highest BCUT2D eigenvalue weighted by Crippen LogP contribution is 2.25. The van der Waals surface area contributed by atoms with Gasteiger partial charge in [-0.1, -0.05) is 43.8 Å². The highest BCUT2D eigenvalue weighted by atomic mass is 32.2. The van der Waals surface area contributed by atoms with Gasteiger partial charge < -0.3 is 10.6 Å². The van der Waals surface area contributed by atoms with Crippen molar-refractivity contribution >= 4 is 34.4 Å². The van der Waals surface area contributed by atoms with Gasteiger partial charge in [-0.05, 0) is 24.0 Å². The number of rotatable bonds is 5. The Morgan fingerprint density at radius 1 is 1.32 bits per heavy atom. The molecule has 0 aliphatic carbocycles. The van der Waals surface area contributed by atoms with Crippen LogP contribution in [0.5, 0.6) is 0 Å². The number of para-hydroxylation sites is 1. The van der Waals surface area contributed by atoms with Crippen LogP contribution in [0.15, 0.2) is 23.2 Å². The molecular weight excluding hydrogens is 298 g/mol. The first-order chi connectivity index (χ1) is 10.6. The van der Waals surface area contributed by atoms with Crippen molar-refractivity contribution in [2.24, 2.45) is 4.99 Å². The number of anilines is 1. The Labute approximate surface area is 135 Å². The van der Waals surface area contributed by atoms with Gasteiger partial charge in [-0.3, -0.25) is 14.6 Å². The van der Waals surface area contributed by atoms with Gasteiger partial charge in [0, 0.05) is 19.2 Å². The minimum Gasteiger partial charge on any atom is -0.326 e. The van der Waals surface area contributed by atoms with Crippen molar-refractivity contribution in [3.05, 3.63) is 29.3 Å². The SMILES string of the molecule is CCc1cccc(CC)c1NC(=O)CC1SC(=NC)NC1=O. The summed E-state index contributed by atoms with van der Waals surface area (Å²) in [6, 6.07) is 6.05. The fourth-order valence-electron chi connectivity index (χ4n) is 2.41. The maximum atomic E-state index is 12.3. The minimum atomic E-state index is -0.405. The van der Waals surface area contributed by atoms with Gasteiger partial charge in [0.1, 0.15) is 5.25 Å². The number of benzene rings is 1. The monoisotopic (exact) mass is 319 g/mol. The fourth-order valence-corrected chi connectivity index (χ4v) is 3.34. The van der Waals surface area contributed by atoms with E-state index in [9.17, 15) is 9.59 Å². The molecule has 1 aromatic carbocycles. The van der Waals surface area contributed by atoms with Crippen LogP contribution < -0.4 is 10.6 Å². The number of thioether (sulfide) groups is 1. The van der Waals surface area contributed by atoms with Gasteiger partial charge >= 0.3 is 0 Å². The number of carbonyl (C=O) groups is 2. The first-order valence-corrected chi connectivity index (χ1v) is 8.31. The van der Waals surface area contributed by atoms with Crippen molar-refractivity contribution in [3.8, 4) is 0 Å². The zero-order valence-electron chi connectivity index (χ0n) is 13.1. The lowest BCUT2D eigenvalue weighted by Gasteiger charge is -2.15. The lowest BCUT2D eigenvalue weighted by Crippen LogP contribution is -2.28. The Kier molecular flexibility index (Phi) is 5.60. The molecule has 1 aliphatic heterocycles. The number of hydrogen-bond donors (Lipinski definition) is 2. The third-order valence-electron chi connectivity index (χ3n) is 3.61. The van der Waals surface area contributed by atoms with E-state index < -0.39 is 5.25 Å². The van der Waals surface area contributed by atoms with E-state index in [-0.39, 0.29) is 18.2 Å². The molecule has 2 N–H and O–H groups in total. The molecule has 1 fully saturated rings. The van der Waals surface area contributed by atoms with Crippen LogP contribution in [0.25, 0.3) is 0 Å². The van der Waals surface area contributed by atoms with E-state index in [0.717, 1.165) is 29.7 Å². The van der Waals surface area contributed by atoms with Crippen LogP contribution in [-0.2, 0) is 22.4 Å². The molecule has 0 aromatic heterocycles. The van der Waals surface area contributed by atoms with Gasteiger partial charge in [-0.2, -0.15) is 0 Å². The van der Waals surface area contributed by atoms with Crippen LogP contribution in [-0.4, -0.2) is 29.3 Å². The number of amidine groups is 1. The predicted molar refractivity (Wildman–Crippen MR) is 91.3 cm³/mol. The lowest BCUT2D eigenvalue weighted by molar-refractivity contribution is -0.122. The van der Waals surface area contributed by atoms with Crippen LogP contribution in [0.3, 0.4) is 0 Å². The molecule has 22 heavy (non-hydrogen) atoms. The maximum absolute atomic E-state index is 12.3. The Hall–Kier alpha value is -1.82. The molecule has 5 nitrogen and oxygen atoms in total. The molecule has 1 heterocycles. The summed E-state index contributed by atoms with van der Waals surface area (Å²) in [5.41, 5.74) is 3.13. The lowest BCUT2D eigenvalue weighted by atomic mass is 10.0. The van der Waals surface area contributed by atoms with Crippen molar-refractivity contribution in [2.45, 2.75) is 38.4 Å². The number of amides is 2. The van der Waals surface area contributed by atoms with Gasteiger partial charge in [-0.25, -0.2) is 0 Å². The maximum Gasteiger partial charge on any atom is 0.240 e. The van der Waals surface area contributed by atoms with Crippen LogP contribution in [0.2, 0.25) is 0 Å². The summed E-state index contributed by atoms with van der Waals surface area (Å²) in [5.74, 6) is -0.291. The van der Waals surface area contributed by atoms with E-state index in [1.165, 1.54) is 11.8 Å². The van der Waals surface area contributed by atoms with Crippen LogP contribution in [0.1, 0.15) is 31.4 Å². The highest BCUT2D eigenvalue weighted by molar-refractivity contribution is 8.15. The van der Waals surface area contributed by atoms with E-state index in [2.05, 4.69) is 29.5 Å². The third kappa shape index (κ3) is 3.68. The largest absolute Gasteiger partial charge is 0.326 e. The molecule has 1 unspecified atom stereocenters. The fraction of sp³-hybridized carbons (Fsp3) is 0.438. The average Bonchev–Trinajstić information content (AvgIpc) is 2.87. The molecule has 1 aliphatic rings. The highest BCUT2D eigenvalue weighted by Gasteiger charge is 2.31. The van der Waals surface area contributed by atoms with E-state index in [0.29, 0.717) is 5.17 Å². The number of nitrogens with zero attached hydrogens (tertiary/aromatic N) is 1. The second-order valence-electron chi connectivity index (χ2n) is 5.04. The summed E-state index contributed by atoms with van der Waals surface area (Å²) < 4.78 is 0. The molecule has 6 heteroatoms.